The molecule has 2 fully saturated rings. The Bertz CT molecular complexity index is 712. The van der Waals surface area contributed by atoms with Crippen molar-refractivity contribution in [3.63, 3.8) is 0 Å². The van der Waals surface area contributed by atoms with Gasteiger partial charge in [-0.05, 0) is 49.4 Å². The molecule has 2 aliphatic rings. The Labute approximate surface area is 173 Å². The zero-order valence-corrected chi connectivity index (χ0v) is 17.8. The highest BCUT2D eigenvalue weighted by Crippen LogP contribution is 2.29. The predicted molar refractivity (Wildman–Crippen MR) is 113 cm³/mol. The van der Waals surface area contributed by atoms with Gasteiger partial charge in [-0.2, -0.15) is 0 Å². The number of nitrogens with zero attached hydrogens (tertiary/aromatic N) is 2. The molecule has 1 saturated heterocycles. The van der Waals surface area contributed by atoms with Gasteiger partial charge in [-0.1, -0.05) is 6.42 Å². The van der Waals surface area contributed by atoms with Crippen LogP contribution in [0.3, 0.4) is 0 Å². The molecule has 1 aromatic carbocycles. The van der Waals surface area contributed by atoms with Gasteiger partial charge in [0.15, 0.2) is 0 Å². The Morgan fingerprint density at radius 3 is 2.59 bits per heavy atom. The van der Waals surface area contributed by atoms with E-state index in [4.69, 9.17) is 9.47 Å². The zero-order chi connectivity index (χ0) is 20.8. The molecule has 0 radical (unpaired) electrons. The van der Waals surface area contributed by atoms with Crippen LogP contribution in [0.15, 0.2) is 18.2 Å². The molecule has 0 spiro atoms. The number of carbonyl (C=O) groups excluding carboxylic acids is 2. The monoisotopic (exact) mass is 403 g/mol. The van der Waals surface area contributed by atoms with E-state index in [9.17, 15) is 9.59 Å². The van der Waals surface area contributed by atoms with Gasteiger partial charge < -0.3 is 24.6 Å². The maximum atomic E-state index is 12.7. The standard InChI is InChI=1S/C22H33N3O4/c1-24(2)20-10-9-18(23-22(27)16-6-4-7-16)12-17(20)13-25(21(26)15-28-3)14-19-8-5-11-29-19/h9-10,12,16,19H,4-8,11,13-15H2,1-3H3,(H,23,27). The number of anilines is 2. The highest BCUT2D eigenvalue weighted by atomic mass is 16.5. The number of methoxy groups -OCH3 is 1. The summed E-state index contributed by atoms with van der Waals surface area (Å²) in [6, 6.07) is 5.90. The molecule has 1 N–H and O–H groups in total. The maximum absolute atomic E-state index is 12.7. The van der Waals surface area contributed by atoms with Crippen LogP contribution >= 0.6 is 0 Å². The van der Waals surface area contributed by atoms with E-state index in [1.54, 1.807) is 4.90 Å². The molecule has 7 heteroatoms. The molecule has 1 aliphatic heterocycles. The Kier molecular flexibility index (Phi) is 7.50. The van der Waals surface area contributed by atoms with Crippen molar-refractivity contribution >= 4 is 23.2 Å². The quantitative estimate of drug-likeness (QED) is 0.686. The summed E-state index contributed by atoms with van der Waals surface area (Å²) >= 11 is 0. The maximum Gasteiger partial charge on any atom is 0.248 e. The molecule has 1 aliphatic carbocycles. The molecule has 2 amide bonds. The van der Waals surface area contributed by atoms with Crippen molar-refractivity contribution in [3.05, 3.63) is 23.8 Å². The van der Waals surface area contributed by atoms with Gasteiger partial charge in [-0.15, -0.1) is 0 Å². The molecular weight excluding hydrogens is 370 g/mol. The van der Waals surface area contributed by atoms with E-state index in [1.165, 1.54) is 7.11 Å². The summed E-state index contributed by atoms with van der Waals surface area (Å²) in [4.78, 5) is 28.9. The lowest BCUT2D eigenvalue weighted by molar-refractivity contribution is -0.137. The first-order valence-electron chi connectivity index (χ1n) is 10.5. The third-order valence-electron chi connectivity index (χ3n) is 5.73. The predicted octanol–water partition coefficient (Wildman–Crippen LogP) is 2.65. The summed E-state index contributed by atoms with van der Waals surface area (Å²) < 4.78 is 10.8. The van der Waals surface area contributed by atoms with E-state index >= 15 is 0 Å². The topological polar surface area (TPSA) is 71.1 Å². The van der Waals surface area contributed by atoms with Crippen LogP contribution in [0.1, 0.15) is 37.7 Å². The second-order valence-corrected chi connectivity index (χ2v) is 8.20. The van der Waals surface area contributed by atoms with Crippen molar-refractivity contribution in [1.82, 2.24) is 4.90 Å². The third-order valence-corrected chi connectivity index (χ3v) is 5.73. The minimum absolute atomic E-state index is 0.0438. The van der Waals surface area contributed by atoms with Crippen molar-refractivity contribution < 1.29 is 19.1 Å². The van der Waals surface area contributed by atoms with E-state index in [0.717, 1.165) is 55.6 Å². The fourth-order valence-electron chi connectivity index (χ4n) is 3.85. The Morgan fingerprint density at radius 1 is 1.21 bits per heavy atom. The van der Waals surface area contributed by atoms with Crippen LogP contribution in [0.5, 0.6) is 0 Å². The first kappa shape index (κ1) is 21.6. The minimum atomic E-state index is -0.0587. The van der Waals surface area contributed by atoms with Gasteiger partial charge >= 0.3 is 0 Å². The number of ether oxygens (including phenoxy) is 2. The Morgan fingerprint density at radius 2 is 2.00 bits per heavy atom. The molecule has 7 nitrogen and oxygen atoms in total. The zero-order valence-electron chi connectivity index (χ0n) is 17.8. The second kappa shape index (κ2) is 10.1. The summed E-state index contributed by atoms with van der Waals surface area (Å²) in [7, 11) is 5.49. The summed E-state index contributed by atoms with van der Waals surface area (Å²) in [5.41, 5.74) is 2.79. The fourth-order valence-corrected chi connectivity index (χ4v) is 3.85. The minimum Gasteiger partial charge on any atom is -0.377 e. The Hall–Kier alpha value is -2.12. The summed E-state index contributed by atoms with van der Waals surface area (Å²) in [5, 5.41) is 3.04. The van der Waals surface area contributed by atoms with Gasteiger partial charge in [0, 0.05) is 58.2 Å². The van der Waals surface area contributed by atoms with Crippen molar-refractivity contribution in [2.75, 3.05) is 51.2 Å². The summed E-state index contributed by atoms with van der Waals surface area (Å²) in [6.07, 6.45) is 5.13. The average Bonchev–Trinajstić information content (AvgIpc) is 3.13. The molecule has 3 rings (SSSR count). The molecule has 1 heterocycles. The number of nitrogens with one attached hydrogen (secondary N) is 1. The van der Waals surface area contributed by atoms with Crippen LogP contribution < -0.4 is 10.2 Å². The number of carbonyl (C=O) groups is 2. The number of hydrogen-bond acceptors (Lipinski definition) is 5. The number of hydrogen-bond donors (Lipinski definition) is 1. The smallest absolute Gasteiger partial charge is 0.248 e. The van der Waals surface area contributed by atoms with Gasteiger partial charge in [0.1, 0.15) is 6.61 Å². The van der Waals surface area contributed by atoms with Gasteiger partial charge in [0.2, 0.25) is 11.8 Å². The molecule has 160 valence electrons. The number of benzene rings is 1. The van der Waals surface area contributed by atoms with Crippen LogP contribution in [0.4, 0.5) is 11.4 Å². The number of amides is 2. The van der Waals surface area contributed by atoms with E-state index < -0.39 is 0 Å². The van der Waals surface area contributed by atoms with Crippen molar-refractivity contribution in [3.8, 4) is 0 Å². The first-order chi connectivity index (χ1) is 14.0. The van der Waals surface area contributed by atoms with Gasteiger partial charge in [-0.3, -0.25) is 9.59 Å². The van der Waals surface area contributed by atoms with Crippen molar-refractivity contribution in [2.45, 2.75) is 44.8 Å². The third kappa shape index (κ3) is 5.70. The van der Waals surface area contributed by atoms with Gasteiger partial charge in [0.05, 0.1) is 6.10 Å². The van der Waals surface area contributed by atoms with Gasteiger partial charge in [0.25, 0.3) is 0 Å². The molecule has 0 aromatic heterocycles. The molecule has 1 atom stereocenters. The molecule has 29 heavy (non-hydrogen) atoms. The largest absolute Gasteiger partial charge is 0.377 e. The van der Waals surface area contributed by atoms with Crippen molar-refractivity contribution in [1.29, 1.82) is 0 Å². The summed E-state index contributed by atoms with van der Waals surface area (Å²) in [6.45, 7) is 1.79. The van der Waals surface area contributed by atoms with E-state index in [1.807, 2.05) is 37.2 Å². The average molecular weight is 404 g/mol. The first-order valence-corrected chi connectivity index (χ1v) is 10.5. The lowest BCUT2D eigenvalue weighted by atomic mass is 9.85. The van der Waals surface area contributed by atoms with Crippen LogP contribution in [-0.2, 0) is 25.6 Å². The molecule has 0 bridgehead atoms. The van der Waals surface area contributed by atoms with Crippen LogP contribution in [-0.4, -0.2) is 63.8 Å². The van der Waals surface area contributed by atoms with E-state index in [-0.39, 0.29) is 30.4 Å². The fraction of sp³-hybridized carbons (Fsp3) is 0.636. The second-order valence-electron chi connectivity index (χ2n) is 8.20. The summed E-state index contributed by atoms with van der Waals surface area (Å²) in [5.74, 6) is 0.161. The van der Waals surface area contributed by atoms with Crippen LogP contribution in [0, 0.1) is 5.92 Å². The number of rotatable bonds is 9. The lowest BCUT2D eigenvalue weighted by Gasteiger charge is -2.28. The lowest BCUT2D eigenvalue weighted by Crippen LogP contribution is -2.39. The van der Waals surface area contributed by atoms with Gasteiger partial charge in [-0.25, -0.2) is 0 Å². The highest BCUT2D eigenvalue weighted by molar-refractivity contribution is 5.93. The normalized spacial score (nSPS) is 18.9. The van der Waals surface area contributed by atoms with Crippen LogP contribution in [0.25, 0.3) is 0 Å². The Balaban J connectivity index is 1.78. The molecular formula is C22H33N3O4. The van der Waals surface area contributed by atoms with E-state index in [2.05, 4.69) is 5.32 Å². The highest BCUT2D eigenvalue weighted by Gasteiger charge is 2.26. The molecule has 1 saturated carbocycles. The molecule has 1 aromatic rings. The van der Waals surface area contributed by atoms with E-state index in [0.29, 0.717) is 13.1 Å². The SMILES string of the molecule is COCC(=O)N(Cc1cc(NC(=O)C2CCC2)ccc1N(C)C)CC1CCCO1. The van der Waals surface area contributed by atoms with Crippen LogP contribution in [0.2, 0.25) is 0 Å². The van der Waals surface area contributed by atoms with Crippen molar-refractivity contribution in [2.24, 2.45) is 5.92 Å². The molecule has 1 unspecified atom stereocenters.